The minimum absolute atomic E-state index is 0.0274. The van der Waals surface area contributed by atoms with Crippen LogP contribution in [0.1, 0.15) is 39.7 Å². The SMILES string of the molecule is CCCNC(=O)N(C)C[C@@H]1Oc2cc(C#C[C@@H](C)O)ccc2S(=O)(=O)N([C@@H](C)CO)C[C@H]1C. The molecule has 0 aromatic heterocycles. The Labute approximate surface area is 196 Å². The van der Waals surface area contributed by atoms with Crippen molar-refractivity contribution in [2.45, 2.75) is 57.3 Å². The molecule has 2 amide bonds. The third-order valence-electron chi connectivity index (χ3n) is 5.42. The molecule has 1 aliphatic heterocycles. The summed E-state index contributed by atoms with van der Waals surface area (Å²) in [6.45, 7) is 7.59. The molecule has 33 heavy (non-hydrogen) atoms. The molecule has 10 heteroatoms. The Morgan fingerprint density at radius 1 is 1.39 bits per heavy atom. The van der Waals surface area contributed by atoms with Gasteiger partial charge in [0.15, 0.2) is 0 Å². The van der Waals surface area contributed by atoms with E-state index in [-0.39, 0.29) is 42.3 Å². The monoisotopic (exact) mass is 481 g/mol. The smallest absolute Gasteiger partial charge is 0.317 e. The number of amides is 2. The van der Waals surface area contributed by atoms with Crippen molar-refractivity contribution in [1.82, 2.24) is 14.5 Å². The van der Waals surface area contributed by atoms with Gasteiger partial charge in [-0.25, -0.2) is 13.2 Å². The summed E-state index contributed by atoms with van der Waals surface area (Å²) in [5.74, 6) is 5.29. The number of hydrogen-bond donors (Lipinski definition) is 3. The zero-order valence-electron chi connectivity index (χ0n) is 19.9. The number of ether oxygens (including phenoxy) is 1. The number of fused-ring (bicyclic) bond motifs is 1. The van der Waals surface area contributed by atoms with E-state index in [2.05, 4.69) is 17.2 Å². The first-order valence-corrected chi connectivity index (χ1v) is 12.6. The van der Waals surface area contributed by atoms with E-state index in [0.29, 0.717) is 12.1 Å². The molecule has 1 aromatic carbocycles. The minimum Gasteiger partial charge on any atom is -0.487 e. The number of likely N-dealkylation sites (N-methyl/N-ethyl adjacent to an activating group) is 1. The molecule has 4 atom stereocenters. The maximum atomic E-state index is 13.4. The third-order valence-corrected chi connectivity index (χ3v) is 7.44. The van der Waals surface area contributed by atoms with Crippen LogP contribution < -0.4 is 10.1 Å². The van der Waals surface area contributed by atoms with Crippen molar-refractivity contribution in [2.24, 2.45) is 5.92 Å². The third kappa shape index (κ3) is 6.84. The molecule has 3 N–H and O–H groups in total. The van der Waals surface area contributed by atoms with Gasteiger partial charge in [0, 0.05) is 37.7 Å². The van der Waals surface area contributed by atoms with Crippen LogP contribution in [0, 0.1) is 17.8 Å². The van der Waals surface area contributed by atoms with Gasteiger partial charge in [-0.2, -0.15) is 4.31 Å². The fourth-order valence-corrected chi connectivity index (χ4v) is 5.25. The fourth-order valence-electron chi connectivity index (χ4n) is 3.43. The van der Waals surface area contributed by atoms with Crippen LogP contribution in [0.2, 0.25) is 0 Å². The van der Waals surface area contributed by atoms with Crippen molar-refractivity contribution in [3.8, 4) is 17.6 Å². The highest BCUT2D eigenvalue weighted by Gasteiger charge is 2.38. The molecule has 9 nitrogen and oxygen atoms in total. The molecule has 0 spiro atoms. The van der Waals surface area contributed by atoms with E-state index in [1.54, 1.807) is 20.0 Å². The maximum Gasteiger partial charge on any atom is 0.317 e. The average Bonchev–Trinajstić information content (AvgIpc) is 2.77. The molecule has 0 saturated heterocycles. The Balaban J connectivity index is 2.51. The van der Waals surface area contributed by atoms with Crippen LogP contribution in [0.5, 0.6) is 5.75 Å². The number of hydrogen-bond acceptors (Lipinski definition) is 6. The molecule has 0 saturated carbocycles. The lowest BCUT2D eigenvalue weighted by atomic mass is 10.0. The summed E-state index contributed by atoms with van der Waals surface area (Å²) in [5.41, 5.74) is 0.493. The Bertz CT molecular complexity index is 986. The van der Waals surface area contributed by atoms with E-state index in [4.69, 9.17) is 4.74 Å². The largest absolute Gasteiger partial charge is 0.487 e. The summed E-state index contributed by atoms with van der Waals surface area (Å²) in [5, 5.41) is 22.0. The Kier molecular flexibility index (Phi) is 9.55. The standard InChI is InChI=1S/C23H35N3O6S/c1-6-11-24-23(29)25(5)14-21-16(2)13-26(17(3)15-27)33(30,31)22-10-9-19(8-7-18(4)28)12-20(22)32-21/h9-10,12,16-18,21,27-28H,6,11,13-15H2,1-5H3,(H,24,29)/t16-,17+,18-,21+/m1/s1. The van der Waals surface area contributed by atoms with Crippen LogP contribution in [0.25, 0.3) is 0 Å². The van der Waals surface area contributed by atoms with E-state index in [0.717, 1.165) is 6.42 Å². The molecular formula is C23H35N3O6S. The second-order valence-electron chi connectivity index (χ2n) is 8.46. The molecule has 0 aliphatic carbocycles. The van der Waals surface area contributed by atoms with Crippen LogP contribution in [-0.2, 0) is 10.0 Å². The highest BCUT2D eigenvalue weighted by atomic mass is 32.2. The first-order chi connectivity index (χ1) is 15.5. The van der Waals surface area contributed by atoms with Crippen LogP contribution in [0.3, 0.4) is 0 Å². The van der Waals surface area contributed by atoms with Crippen LogP contribution in [0.15, 0.2) is 23.1 Å². The zero-order chi connectivity index (χ0) is 24.8. The number of carbonyl (C=O) groups excluding carboxylic acids is 1. The fraction of sp³-hybridized carbons (Fsp3) is 0.609. The van der Waals surface area contributed by atoms with Gasteiger partial charge < -0.3 is 25.2 Å². The molecule has 0 fully saturated rings. The van der Waals surface area contributed by atoms with E-state index >= 15 is 0 Å². The molecule has 2 rings (SSSR count). The number of sulfonamides is 1. The van der Waals surface area contributed by atoms with Gasteiger partial charge in [0.2, 0.25) is 10.0 Å². The summed E-state index contributed by atoms with van der Waals surface area (Å²) < 4.78 is 34.4. The van der Waals surface area contributed by atoms with Gasteiger partial charge in [-0.1, -0.05) is 25.7 Å². The van der Waals surface area contributed by atoms with Crippen molar-refractivity contribution in [2.75, 3.05) is 33.3 Å². The van der Waals surface area contributed by atoms with Gasteiger partial charge in [-0.15, -0.1) is 0 Å². The van der Waals surface area contributed by atoms with Gasteiger partial charge in [0.05, 0.1) is 13.2 Å². The van der Waals surface area contributed by atoms with Crippen molar-refractivity contribution in [3.05, 3.63) is 23.8 Å². The average molecular weight is 482 g/mol. The highest BCUT2D eigenvalue weighted by molar-refractivity contribution is 7.89. The van der Waals surface area contributed by atoms with Gasteiger partial charge >= 0.3 is 6.03 Å². The lowest BCUT2D eigenvalue weighted by molar-refractivity contribution is 0.0812. The number of rotatable bonds is 6. The Morgan fingerprint density at radius 3 is 2.70 bits per heavy atom. The van der Waals surface area contributed by atoms with E-state index in [9.17, 15) is 23.4 Å². The molecular weight excluding hydrogens is 446 g/mol. The predicted octanol–water partition coefficient (Wildman–Crippen LogP) is 1.24. The second kappa shape index (κ2) is 11.7. The number of aliphatic hydroxyl groups excluding tert-OH is 2. The second-order valence-corrected chi connectivity index (χ2v) is 10.3. The first kappa shape index (κ1) is 26.9. The molecule has 1 aromatic rings. The van der Waals surface area contributed by atoms with Crippen molar-refractivity contribution >= 4 is 16.1 Å². The van der Waals surface area contributed by atoms with E-state index in [1.807, 2.05) is 13.8 Å². The van der Waals surface area contributed by atoms with E-state index in [1.165, 1.54) is 28.3 Å². The molecule has 1 aliphatic rings. The maximum absolute atomic E-state index is 13.4. The number of nitrogens with zero attached hydrogens (tertiary/aromatic N) is 2. The van der Waals surface area contributed by atoms with Gasteiger partial charge in [-0.05, 0) is 38.5 Å². The number of aliphatic hydroxyl groups is 2. The molecule has 1 heterocycles. The summed E-state index contributed by atoms with van der Waals surface area (Å²) >= 11 is 0. The zero-order valence-corrected chi connectivity index (χ0v) is 20.7. The molecule has 0 bridgehead atoms. The van der Waals surface area contributed by atoms with Crippen LogP contribution >= 0.6 is 0 Å². The van der Waals surface area contributed by atoms with Gasteiger partial charge in [-0.3, -0.25) is 0 Å². The normalized spacial score (nSPS) is 21.8. The minimum atomic E-state index is -3.96. The van der Waals surface area contributed by atoms with Crippen molar-refractivity contribution < 1.29 is 28.2 Å². The Morgan fingerprint density at radius 2 is 2.09 bits per heavy atom. The highest BCUT2D eigenvalue weighted by Crippen LogP contribution is 2.34. The summed E-state index contributed by atoms with van der Waals surface area (Å²) in [6.07, 6.45) is -0.531. The lowest BCUT2D eigenvalue weighted by Gasteiger charge is -2.37. The topological polar surface area (TPSA) is 119 Å². The number of urea groups is 1. The van der Waals surface area contributed by atoms with Gasteiger partial charge in [0.25, 0.3) is 0 Å². The number of carbonyl (C=O) groups is 1. The number of benzene rings is 1. The first-order valence-electron chi connectivity index (χ1n) is 11.1. The summed E-state index contributed by atoms with van der Waals surface area (Å²) in [6, 6.07) is 3.65. The summed E-state index contributed by atoms with van der Waals surface area (Å²) in [4.78, 5) is 13.9. The van der Waals surface area contributed by atoms with Crippen molar-refractivity contribution in [3.63, 3.8) is 0 Å². The van der Waals surface area contributed by atoms with Gasteiger partial charge in [0.1, 0.15) is 22.9 Å². The predicted molar refractivity (Wildman–Crippen MR) is 125 cm³/mol. The van der Waals surface area contributed by atoms with Crippen molar-refractivity contribution in [1.29, 1.82) is 0 Å². The van der Waals surface area contributed by atoms with E-state index < -0.39 is 28.3 Å². The number of nitrogens with one attached hydrogen (secondary N) is 1. The lowest BCUT2D eigenvalue weighted by Crippen LogP contribution is -2.51. The quantitative estimate of drug-likeness (QED) is 0.526. The van der Waals surface area contributed by atoms with Crippen LogP contribution in [-0.4, -0.2) is 85.4 Å². The Hall–Kier alpha value is -2.32. The molecule has 184 valence electrons. The summed E-state index contributed by atoms with van der Waals surface area (Å²) in [7, 11) is -2.29. The van der Waals surface area contributed by atoms with Crippen LogP contribution in [0.4, 0.5) is 4.79 Å². The molecule has 0 radical (unpaired) electrons. The molecule has 0 unspecified atom stereocenters.